The van der Waals surface area contributed by atoms with Crippen LogP contribution in [0.5, 0.6) is 0 Å². The van der Waals surface area contributed by atoms with Gasteiger partial charge in [-0.25, -0.2) is 9.37 Å². The van der Waals surface area contributed by atoms with E-state index >= 15 is 0 Å². The molecule has 0 amide bonds. The van der Waals surface area contributed by atoms with Gasteiger partial charge >= 0.3 is 0 Å². The lowest BCUT2D eigenvalue weighted by Gasteiger charge is -2.35. The zero-order valence-electron chi connectivity index (χ0n) is 20.1. The highest BCUT2D eigenvalue weighted by molar-refractivity contribution is 5.86. The van der Waals surface area contributed by atoms with Gasteiger partial charge in [-0.2, -0.15) is 0 Å². The van der Waals surface area contributed by atoms with Crippen LogP contribution >= 0.6 is 0 Å². The molecule has 176 valence electrons. The molecule has 2 aromatic carbocycles. The Balaban J connectivity index is 1.57. The number of nitrogens with zero attached hydrogens (tertiary/aromatic N) is 2. The van der Waals surface area contributed by atoms with Gasteiger partial charge in [0.1, 0.15) is 11.3 Å². The number of likely N-dealkylation sites (N-methyl/N-ethyl adjacent to an activating group) is 1. The Kier molecular flexibility index (Phi) is 7.58. The van der Waals surface area contributed by atoms with Gasteiger partial charge in [0.05, 0.1) is 0 Å². The molecule has 1 fully saturated rings. The Bertz CT molecular complexity index is 1110. The van der Waals surface area contributed by atoms with Crippen LogP contribution in [0.1, 0.15) is 43.4 Å². The minimum Gasteiger partial charge on any atom is -0.441 e. The summed E-state index contributed by atoms with van der Waals surface area (Å²) in [5.74, 6) is 0.558. The molecule has 33 heavy (non-hydrogen) atoms. The molecule has 0 radical (unpaired) electrons. The molecule has 0 spiro atoms. The molecule has 4 rings (SSSR count). The maximum Gasteiger partial charge on any atom is 0.196 e. The number of aromatic nitrogens is 1. The maximum absolute atomic E-state index is 13.7. The van der Waals surface area contributed by atoms with Crippen LogP contribution in [0.4, 0.5) is 4.39 Å². The predicted octanol–water partition coefficient (Wildman–Crippen LogP) is 4.54. The number of hydrogen-bond acceptors (Lipinski definition) is 5. The predicted molar refractivity (Wildman–Crippen MR) is 133 cm³/mol. The number of piperazine rings is 1. The molecule has 0 aliphatic carbocycles. The highest BCUT2D eigenvalue weighted by Crippen LogP contribution is 2.29. The van der Waals surface area contributed by atoms with Crippen LogP contribution in [0, 0.1) is 12.7 Å². The Morgan fingerprint density at radius 2 is 2.00 bits per heavy atom. The Morgan fingerprint density at radius 3 is 2.73 bits per heavy atom. The number of oxazole rings is 1. The first-order valence-corrected chi connectivity index (χ1v) is 12.0. The van der Waals surface area contributed by atoms with E-state index in [9.17, 15) is 4.39 Å². The SMILES string of the molecule is CCNC/C=C(/c1ccc2nc(CCN3C[C@@H](C)N[C@@H](C)C3)oc2c1)c1ccc(F)cc1C. The number of nitrogens with one attached hydrogen (secondary N) is 2. The number of halogens is 1. The third-order valence-electron chi connectivity index (χ3n) is 6.20. The molecule has 0 bridgehead atoms. The lowest BCUT2D eigenvalue weighted by Crippen LogP contribution is -2.54. The van der Waals surface area contributed by atoms with Crippen molar-refractivity contribution in [2.24, 2.45) is 0 Å². The van der Waals surface area contributed by atoms with E-state index in [4.69, 9.17) is 9.40 Å². The average Bonchev–Trinajstić information content (AvgIpc) is 3.18. The van der Waals surface area contributed by atoms with Gasteiger partial charge in [0, 0.05) is 44.7 Å². The Labute approximate surface area is 196 Å². The molecule has 1 aromatic heterocycles. The van der Waals surface area contributed by atoms with Crippen molar-refractivity contribution in [2.45, 2.75) is 46.2 Å². The van der Waals surface area contributed by atoms with Crippen molar-refractivity contribution in [3.8, 4) is 0 Å². The van der Waals surface area contributed by atoms with E-state index in [1.54, 1.807) is 6.07 Å². The van der Waals surface area contributed by atoms with Crippen LogP contribution in [0.2, 0.25) is 0 Å². The highest BCUT2D eigenvalue weighted by Gasteiger charge is 2.21. The molecule has 1 aliphatic rings. The average molecular weight is 451 g/mol. The zero-order valence-corrected chi connectivity index (χ0v) is 20.1. The summed E-state index contributed by atoms with van der Waals surface area (Å²) in [6.07, 6.45) is 2.96. The second-order valence-corrected chi connectivity index (χ2v) is 9.15. The Hall–Kier alpha value is -2.54. The third kappa shape index (κ3) is 5.88. The first-order chi connectivity index (χ1) is 15.9. The highest BCUT2D eigenvalue weighted by atomic mass is 19.1. The molecule has 3 aromatic rings. The van der Waals surface area contributed by atoms with Crippen LogP contribution in [0.3, 0.4) is 0 Å². The number of fused-ring (bicyclic) bond motifs is 1. The standard InChI is InChI=1S/C27H35FN4O/c1-5-29-12-10-24(23-8-7-22(28)14-18(23)2)21-6-9-25-26(15-21)33-27(31-25)11-13-32-16-19(3)30-20(4)17-32/h6-10,14-15,19-20,29-30H,5,11-13,16-17H2,1-4H3/b24-10-/t19-,20+. The van der Waals surface area contributed by atoms with Crippen molar-refractivity contribution in [1.82, 2.24) is 20.5 Å². The van der Waals surface area contributed by atoms with Gasteiger partial charge in [-0.1, -0.05) is 25.1 Å². The van der Waals surface area contributed by atoms with Crippen LogP contribution in [0.25, 0.3) is 16.7 Å². The minimum atomic E-state index is -0.217. The number of hydrogen-bond donors (Lipinski definition) is 2. The summed E-state index contributed by atoms with van der Waals surface area (Å²) < 4.78 is 19.9. The summed E-state index contributed by atoms with van der Waals surface area (Å²) in [6, 6.07) is 12.1. The van der Waals surface area contributed by atoms with Crippen molar-refractivity contribution >= 4 is 16.7 Å². The quantitative estimate of drug-likeness (QED) is 0.494. The van der Waals surface area contributed by atoms with Gasteiger partial charge in [-0.05, 0) is 73.8 Å². The summed E-state index contributed by atoms with van der Waals surface area (Å²) in [4.78, 5) is 7.20. The third-order valence-corrected chi connectivity index (χ3v) is 6.20. The van der Waals surface area contributed by atoms with Crippen LogP contribution in [-0.4, -0.2) is 54.7 Å². The molecular formula is C27H35FN4O. The largest absolute Gasteiger partial charge is 0.441 e. The van der Waals surface area contributed by atoms with Crippen molar-refractivity contribution in [1.29, 1.82) is 0 Å². The lowest BCUT2D eigenvalue weighted by molar-refractivity contribution is 0.172. The van der Waals surface area contributed by atoms with E-state index in [1.807, 2.05) is 19.1 Å². The van der Waals surface area contributed by atoms with E-state index in [0.29, 0.717) is 12.1 Å². The summed E-state index contributed by atoms with van der Waals surface area (Å²) >= 11 is 0. The van der Waals surface area contributed by atoms with E-state index in [0.717, 1.165) is 78.4 Å². The van der Waals surface area contributed by atoms with Gasteiger partial charge in [0.15, 0.2) is 11.5 Å². The zero-order chi connectivity index (χ0) is 23.4. The van der Waals surface area contributed by atoms with E-state index < -0.39 is 0 Å². The van der Waals surface area contributed by atoms with Crippen molar-refractivity contribution in [2.75, 3.05) is 32.7 Å². The molecule has 1 saturated heterocycles. The first kappa shape index (κ1) is 23.6. The molecule has 2 N–H and O–H groups in total. The van der Waals surface area contributed by atoms with Gasteiger partial charge in [0.25, 0.3) is 0 Å². The molecular weight excluding hydrogens is 415 g/mol. The maximum atomic E-state index is 13.7. The first-order valence-electron chi connectivity index (χ1n) is 12.0. The molecule has 5 nitrogen and oxygen atoms in total. The van der Waals surface area contributed by atoms with Gasteiger partial charge in [-0.3, -0.25) is 4.90 Å². The second-order valence-electron chi connectivity index (χ2n) is 9.15. The second kappa shape index (κ2) is 10.6. The van der Waals surface area contributed by atoms with E-state index in [-0.39, 0.29) is 5.82 Å². The lowest BCUT2D eigenvalue weighted by atomic mass is 9.93. The monoisotopic (exact) mass is 450 g/mol. The topological polar surface area (TPSA) is 53.3 Å². The smallest absolute Gasteiger partial charge is 0.196 e. The molecule has 0 saturated carbocycles. The summed E-state index contributed by atoms with van der Waals surface area (Å²) in [6.45, 7) is 13.2. The number of rotatable bonds is 8. The van der Waals surface area contributed by atoms with Crippen molar-refractivity contribution in [3.63, 3.8) is 0 Å². The summed E-state index contributed by atoms with van der Waals surface area (Å²) in [5, 5.41) is 6.92. The van der Waals surface area contributed by atoms with E-state index in [1.165, 1.54) is 6.07 Å². The molecule has 2 heterocycles. The van der Waals surface area contributed by atoms with Crippen LogP contribution in [-0.2, 0) is 6.42 Å². The number of aryl methyl sites for hydroxylation is 1. The minimum absolute atomic E-state index is 0.217. The Morgan fingerprint density at radius 1 is 1.21 bits per heavy atom. The molecule has 1 aliphatic heterocycles. The molecule has 6 heteroatoms. The summed E-state index contributed by atoms with van der Waals surface area (Å²) in [5.41, 5.74) is 5.71. The summed E-state index contributed by atoms with van der Waals surface area (Å²) in [7, 11) is 0. The van der Waals surface area contributed by atoms with E-state index in [2.05, 4.69) is 54.5 Å². The molecule has 0 unspecified atom stereocenters. The normalized spacial score (nSPS) is 20.0. The van der Waals surface area contributed by atoms with Crippen LogP contribution < -0.4 is 10.6 Å². The van der Waals surface area contributed by atoms with Crippen molar-refractivity contribution in [3.05, 3.63) is 70.9 Å². The van der Waals surface area contributed by atoms with Gasteiger partial charge < -0.3 is 15.1 Å². The fraction of sp³-hybridized carbons (Fsp3) is 0.444. The van der Waals surface area contributed by atoms with Gasteiger partial charge in [-0.15, -0.1) is 0 Å². The van der Waals surface area contributed by atoms with Gasteiger partial charge in [0.2, 0.25) is 0 Å². The van der Waals surface area contributed by atoms with Crippen molar-refractivity contribution < 1.29 is 8.81 Å². The molecule has 2 atom stereocenters. The fourth-order valence-corrected chi connectivity index (χ4v) is 4.75. The number of benzene rings is 2. The fourth-order valence-electron chi connectivity index (χ4n) is 4.75. The van der Waals surface area contributed by atoms with Crippen LogP contribution in [0.15, 0.2) is 46.9 Å².